The molecule has 0 radical (unpaired) electrons. The van der Waals surface area contributed by atoms with Gasteiger partial charge in [-0.05, 0) is 80.8 Å². The molecule has 0 spiro atoms. The van der Waals surface area contributed by atoms with E-state index >= 15 is 0 Å². The van der Waals surface area contributed by atoms with E-state index < -0.39 is 23.1 Å². The fraction of sp³-hybridized carbons (Fsp3) is 0.242. The molecule has 0 unspecified atom stereocenters. The van der Waals surface area contributed by atoms with E-state index in [0.29, 0.717) is 28.8 Å². The zero-order valence-electron chi connectivity index (χ0n) is 25.6. The van der Waals surface area contributed by atoms with E-state index in [0.717, 1.165) is 28.3 Å². The van der Waals surface area contributed by atoms with E-state index in [4.69, 9.17) is 21.1 Å². The van der Waals surface area contributed by atoms with Gasteiger partial charge in [0.05, 0.1) is 36.1 Å². The van der Waals surface area contributed by atoms with Gasteiger partial charge in [0.1, 0.15) is 23.1 Å². The summed E-state index contributed by atoms with van der Waals surface area (Å²) in [5.41, 5.74) is 3.44. The SMILES string of the molecule is COc1cc(-c2ccc3nc(Nc4c(C)cc(C(C)(C)O)cc4OC)nn3c2)ccc1C(=O)NCc1cc(Cl)c(F)c(C)c1F. The molecule has 0 saturated heterocycles. The highest BCUT2D eigenvalue weighted by molar-refractivity contribution is 6.30. The highest BCUT2D eigenvalue weighted by Gasteiger charge is 2.21. The van der Waals surface area contributed by atoms with Gasteiger partial charge in [-0.3, -0.25) is 4.79 Å². The summed E-state index contributed by atoms with van der Waals surface area (Å²) in [5, 5.41) is 20.7. The summed E-state index contributed by atoms with van der Waals surface area (Å²) >= 11 is 5.86. The number of amides is 1. The average molecular weight is 636 g/mol. The number of nitrogens with one attached hydrogen (secondary N) is 2. The van der Waals surface area contributed by atoms with Crippen molar-refractivity contribution in [1.29, 1.82) is 0 Å². The number of fused-ring (bicyclic) bond motifs is 1. The fourth-order valence-electron chi connectivity index (χ4n) is 4.90. The molecule has 2 heterocycles. The Bertz CT molecular complexity index is 1940. The van der Waals surface area contributed by atoms with Crippen LogP contribution in [0.15, 0.2) is 54.7 Å². The first kappa shape index (κ1) is 31.7. The number of halogens is 3. The molecule has 5 rings (SSSR count). The Balaban J connectivity index is 1.37. The maximum Gasteiger partial charge on any atom is 0.255 e. The number of aromatic nitrogens is 3. The lowest BCUT2D eigenvalue weighted by molar-refractivity contribution is 0.0782. The molecule has 1 amide bonds. The number of carbonyl (C=O) groups excluding carboxylic acids is 1. The Morgan fingerprint density at radius 3 is 2.40 bits per heavy atom. The third kappa shape index (κ3) is 6.40. The van der Waals surface area contributed by atoms with Crippen LogP contribution in [0.25, 0.3) is 16.8 Å². The number of hydrogen-bond donors (Lipinski definition) is 3. The van der Waals surface area contributed by atoms with Gasteiger partial charge in [0.15, 0.2) is 5.65 Å². The number of benzene rings is 3. The van der Waals surface area contributed by atoms with Gasteiger partial charge in [-0.2, -0.15) is 4.98 Å². The molecule has 12 heteroatoms. The molecule has 0 aliphatic heterocycles. The summed E-state index contributed by atoms with van der Waals surface area (Å²) in [6.07, 6.45) is 1.80. The van der Waals surface area contributed by atoms with E-state index in [2.05, 4.69) is 20.7 Å². The van der Waals surface area contributed by atoms with Crippen LogP contribution < -0.4 is 20.1 Å². The first-order chi connectivity index (χ1) is 21.3. The minimum Gasteiger partial charge on any atom is -0.496 e. The van der Waals surface area contributed by atoms with Crippen LogP contribution in [0.4, 0.5) is 20.4 Å². The molecule has 0 saturated carbocycles. The van der Waals surface area contributed by atoms with Crippen LogP contribution >= 0.6 is 11.6 Å². The average Bonchev–Trinajstić information content (AvgIpc) is 3.42. The van der Waals surface area contributed by atoms with Gasteiger partial charge in [-0.15, -0.1) is 5.10 Å². The quantitative estimate of drug-likeness (QED) is 0.152. The topological polar surface area (TPSA) is 110 Å². The number of nitrogens with zero attached hydrogens (tertiary/aromatic N) is 3. The van der Waals surface area contributed by atoms with E-state index in [9.17, 15) is 18.7 Å². The number of methoxy groups -OCH3 is 2. The second-order valence-electron chi connectivity index (χ2n) is 11.1. The van der Waals surface area contributed by atoms with Crippen molar-refractivity contribution in [3.05, 3.63) is 99.2 Å². The molecule has 0 atom stereocenters. The Labute approximate surface area is 263 Å². The van der Waals surface area contributed by atoms with E-state index in [1.807, 2.05) is 25.1 Å². The fourth-order valence-corrected chi connectivity index (χ4v) is 5.18. The summed E-state index contributed by atoms with van der Waals surface area (Å²) < 4.78 is 41.1. The second-order valence-corrected chi connectivity index (χ2v) is 11.5. The predicted octanol–water partition coefficient (Wildman–Crippen LogP) is 6.86. The number of aliphatic hydroxyl groups is 1. The van der Waals surface area contributed by atoms with Crippen molar-refractivity contribution in [3.8, 4) is 22.6 Å². The van der Waals surface area contributed by atoms with Crippen LogP contribution in [0.2, 0.25) is 5.02 Å². The monoisotopic (exact) mass is 635 g/mol. The predicted molar refractivity (Wildman–Crippen MR) is 169 cm³/mol. The zero-order chi connectivity index (χ0) is 32.6. The van der Waals surface area contributed by atoms with Crippen molar-refractivity contribution in [1.82, 2.24) is 19.9 Å². The normalized spacial score (nSPS) is 11.5. The Morgan fingerprint density at radius 2 is 1.71 bits per heavy atom. The standard InChI is InChI=1S/C33H32ClF2N5O4/c1-17-11-22(33(3,4)43)14-26(45-6)30(17)39-32-38-27-10-8-20(16-41(27)40-32)19-7-9-23(25(13-19)44-5)31(42)37-15-21-12-24(34)29(36)18(2)28(21)35/h7-14,16,43H,15H2,1-6H3,(H,37,42)(H,39,40). The maximum atomic E-state index is 14.5. The molecule has 234 valence electrons. The van der Waals surface area contributed by atoms with Crippen LogP contribution in [0.1, 0.15) is 46.5 Å². The van der Waals surface area contributed by atoms with Crippen molar-refractivity contribution in [3.63, 3.8) is 0 Å². The number of pyridine rings is 1. The summed E-state index contributed by atoms with van der Waals surface area (Å²) in [5.74, 6) is -0.894. The van der Waals surface area contributed by atoms with Crippen LogP contribution in [0, 0.1) is 25.5 Å². The smallest absolute Gasteiger partial charge is 0.255 e. The molecule has 2 aromatic heterocycles. The van der Waals surface area contributed by atoms with Gasteiger partial charge in [-0.1, -0.05) is 23.7 Å². The molecule has 5 aromatic rings. The molecule has 0 fully saturated rings. The van der Waals surface area contributed by atoms with Crippen LogP contribution in [0.5, 0.6) is 11.5 Å². The van der Waals surface area contributed by atoms with Gasteiger partial charge in [-0.25, -0.2) is 13.3 Å². The van der Waals surface area contributed by atoms with Crippen molar-refractivity contribution in [2.45, 2.75) is 39.8 Å². The number of aryl methyl sites for hydroxylation is 1. The van der Waals surface area contributed by atoms with Gasteiger partial charge in [0, 0.05) is 29.4 Å². The Morgan fingerprint density at radius 1 is 1.00 bits per heavy atom. The molecular weight excluding hydrogens is 604 g/mol. The number of carbonyl (C=O) groups is 1. The molecular formula is C33H32ClF2N5O4. The number of hydrogen-bond acceptors (Lipinski definition) is 7. The molecule has 3 N–H and O–H groups in total. The van der Waals surface area contributed by atoms with Crippen molar-refractivity contribution in [2.24, 2.45) is 0 Å². The van der Waals surface area contributed by atoms with Crippen LogP contribution in [-0.4, -0.2) is 39.8 Å². The second kappa shape index (κ2) is 12.3. The first-order valence-corrected chi connectivity index (χ1v) is 14.3. The van der Waals surface area contributed by atoms with Crippen molar-refractivity contribution >= 4 is 34.8 Å². The summed E-state index contributed by atoms with van der Waals surface area (Å²) in [7, 11) is 3.00. The van der Waals surface area contributed by atoms with E-state index in [1.54, 1.807) is 55.9 Å². The van der Waals surface area contributed by atoms with Gasteiger partial charge >= 0.3 is 0 Å². The summed E-state index contributed by atoms with van der Waals surface area (Å²) in [6, 6.07) is 13.6. The highest BCUT2D eigenvalue weighted by atomic mass is 35.5. The Kier molecular flexibility index (Phi) is 8.68. The third-order valence-corrected chi connectivity index (χ3v) is 7.74. The molecule has 0 aliphatic carbocycles. The molecule has 3 aromatic carbocycles. The number of ether oxygens (including phenoxy) is 2. The molecule has 9 nitrogen and oxygen atoms in total. The lowest BCUT2D eigenvalue weighted by atomic mass is 9.95. The van der Waals surface area contributed by atoms with Crippen molar-refractivity contribution in [2.75, 3.05) is 19.5 Å². The highest BCUT2D eigenvalue weighted by Crippen LogP contribution is 2.35. The van der Waals surface area contributed by atoms with Gasteiger partial charge in [0.2, 0.25) is 5.95 Å². The lowest BCUT2D eigenvalue weighted by Crippen LogP contribution is -2.24. The minimum atomic E-state index is -1.03. The molecule has 0 aliphatic rings. The van der Waals surface area contributed by atoms with Crippen molar-refractivity contribution < 1.29 is 28.2 Å². The summed E-state index contributed by atoms with van der Waals surface area (Å²) in [6.45, 7) is 6.42. The first-order valence-electron chi connectivity index (χ1n) is 13.9. The summed E-state index contributed by atoms with van der Waals surface area (Å²) in [4.78, 5) is 17.6. The van der Waals surface area contributed by atoms with Gasteiger partial charge in [0.25, 0.3) is 5.91 Å². The third-order valence-electron chi connectivity index (χ3n) is 7.46. The number of anilines is 2. The van der Waals surface area contributed by atoms with Crippen LogP contribution in [0.3, 0.4) is 0 Å². The van der Waals surface area contributed by atoms with Crippen LogP contribution in [-0.2, 0) is 12.1 Å². The van der Waals surface area contributed by atoms with Gasteiger partial charge < -0.3 is 25.2 Å². The van der Waals surface area contributed by atoms with E-state index in [-0.39, 0.29) is 28.3 Å². The molecule has 0 bridgehead atoms. The molecule has 45 heavy (non-hydrogen) atoms. The number of rotatable bonds is 9. The largest absolute Gasteiger partial charge is 0.496 e. The minimum absolute atomic E-state index is 0.0672. The lowest BCUT2D eigenvalue weighted by Gasteiger charge is -2.21. The zero-order valence-corrected chi connectivity index (χ0v) is 26.3. The van der Waals surface area contributed by atoms with E-state index in [1.165, 1.54) is 14.0 Å². The maximum absolute atomic E-state index is 14.5. The Hall–Kier alpha value is -4.74.